The summed E-state index contributed by atoms with van der Waals surface area (Å²) < 4.78 is 66.2. The Hall–Kier alpha value is -2.10. The minimum absolute atomic E-state index is 0.0296. The van der Waals surface area contributed by atoms with Gasteiger partial charge in [0.15, 0.2) is 9.84 Å². The van der Waals surface area contributed by atoms with Gasteiger partial charge in [-0.2, -0.15) is 0 Å². The van der Waals surface area contributed by atoms with E-state index in [9.17, 15) is 31.5 Å². The predicted molar refractivity (Wildman–Crippen MR) is 118 cm³/mol. The van der Waals surface area contributed by atoms with Gasteiger partial charge in [-0.15, -0.1) is 0 Å². The number of hydrogen-bond acceptors (Lipinski definition) is 4. The van der Waals surface area contributed by atoms with Crippen molar-refractivity contribution < 1.29 is 31.5 Å². The minimum Gasteiger partial charge on any atom is -0.390 e. The van der Waals surface area contributed by atoms with Crippen LogP contribution in [0.25, 0.3) is 0 Å². The molecule has 0 aromatic heterocycles. The first-order valence-corrected chi connectivity index (χ1v) is 12.5. The van der Waals surface area contributed by atoms with Crippen LogP contribution in [0.2, 0.25) is 5.02 Å². The summed E-state index contributed by atoms with van der Waals surface area (Å²) in [5.74, 6) is -2.09. The van der Waals surface area contributed by atoms with Crippen molar-refractivity contribution in [3.8, 4) is 0 Å². The van der Waals surface area contributed by atoms with Crippen LogP contribution in [0.5, 0.6) is 0 Å². The van der Waals surface area contributed by atoms with Gasteiger partial charge in [-0.1, -0.05) is 11.6 Å². The summed E-state index contributed by atoms with van der Waals surface area (Å²) in [5, 5.41) is 12.3. The molecule has 178 valence electrons. The summed E-state index contributed by atoms with van der Waals surface area (Å²) in [4.78, 5) is 12.5. The normalized spacial score (nSPS) is 27.1. The highest BCUT2D eigenvalue weighted by Crippen LogP contribution is 2.51. The quantitative estimate of drug-likeness (QED) is 0.576. The summed E-state index contributed by atoms with van der Waals surface area (Å²) in [5.41, 5.74) is -1.83. The van der Waals surface area contributed by atoms with E-state index in [2.05, 4.69) is 5.32 Å². The molecule has 2 aromatic rings. The van der Waals surface area contributed by atoms with Crippen molar-refractivity contribution in [1.82, 2.24) is 0 Å². The average molecular weight is 502 g/mol. The van der Waals surface area contributed by atoms with Gasteiger partial charge in [0.2, 0.25) is 0 Å². The van der Waals surface area contributed by atoms with E-state index < -0.39 is 44.4 Å². The van der Waals surface area contributed by atoms with Gasteiger partial charge in [0.1, 0.15) is 5.82 Å². The van der Waals surface area contributed by atoms with Crippen LogP contribution in [0.15, 0.2) is 41.3 Å². The van der Waals surface area contributed by atoms with Gasteiger partial charge < -0.3 is 10.4 Å². The molecule has 2 fully saturated rings. The van der Waals surface area contributed by atoms with Gasteiger partial charge in [0.25, 0.3) is 12.3 Å². The van der Waals surface area contributed by atoms with E-state index in [0.717, 1.165) is 31.0 Å². The lowest BCUT2D eigenvalue weighted by Gasteiger charge is -2.40. The van der Waals surface area contributed by atoms with Crippen LogP contribution in [0.4, 0.5) is 18.9 Å². The molecule has 10 heteroatoms. The number of alkyl halides is 2. The second kappa shape index (κ2) is 8.60. The number of benzene rings is 2. The number of aliphatic hydroxyl groups is 1. The van der Waals surface area contributed by atoms with E-state index >= 15 is 0 Å². The van der Waals surface area contributed by atoms with Gasteiger partial charge in [-0.3, -0.25) is 4.79 Å². The molecular formula is C23H23ClF3NO4S. The molecule has 33 heavy (non-hydrogen) atoms. The zero-order chi connectivity index (χ0) is 24.1. The number of nitrogens with one attached hydrogen (secondary N) is 1. The molecule has 2 aliphatic carbocycles. The molecule has 2 atom stereocenters. The molecule has 2 bridgehead atoms. The summed E-state index contributed by atoms with van der Waals surface area (Å²) >= 11 is 6.20. The number of fused-ring (bicyclic) bond motifs is 2. The Labute approximate surface area is 194 Å². The summed E-state index contributed by atoms with van der Waals surface area (Å²) in [6, 6.07) is 6.57. The molecule has 5 nitrogen and oxygen atoms in total. The first kappa shape index (κ1) is 24.0. The monoisotopic (exact) mass is 501 g/mol. The van der Waals surface area contributed by atoms with Crippen molar-refractivity contribution in [3.63, 3.8) is 0 Å². The van der Waals surface area contributed by atoms with E-state index in [4.69, 9.17) is 11.6 Å². The topological polar surface area (TPSA) is 83.5 Å². The standard InChI is InChI=1S/C23H23ClF3NO4S/c1-23(30)13-3-4-14(23)10-16(9-13)33(31,32)20-8-12(2-6-18(20)24)22(29)28-15-5-7-19(25)17(11-15)21(26)27/h2,5-8,11,13-14,16,21,30H,3-4,9-10H2,1H3,(H,28,29). The maximum Gasteiger partial charge on any atom is 0.266 e. The molecular weight excluding hydrogens is 479 g/mol. The van der Waals surface area contributed by atoms with Gasteiger partial charge in [-0.25, -0.2) is 21.6 Å². The highest BCUT2D eigenvalue weighted by Gasteiger charge is 2.53. The van der Waals surface area contributed by atoms with Crippen molar-refractivity contribution in [3.05, 3.63) is 58.4 Å². The van der Waals surface area contributed by atoms with Gasteiger partial charge in [0.05, 0.1) is 26.3 Å². The van der Waals surface area contributed by atoms with E-state index in [1.165, 1.54) is 18.2 Å². The number of rotatable bonds is 5. The van der Waals surface area contributed by atoms with Gasteiger partial charge in [0, 0.05) is 11.3 Å². The summed E-state index contributed by atoms with van der Waals surface area (Å²) in [6.07, 6.45) is -0.911. The number of sulfone groups is 1. The lowest BCUT2D eigenvalue weighted by molar-refractivity contribution is -0.0413. The molecule has 2 unspecified atom stereocenters. The van der Waals surface area contributed by atoms with E-state index in [1.54, 1.807) is 6.92 Å². The van der Waals surface area contributed by atoms with Crippen molar-refractivity contribution in [2.75, 3.05) is 5.32 Å². The van der Waals surface area contributed by atoms with Crippen LogP contribution in [0, 0.1) is 17.7 Å². The van der Waals surface area contributed by atoms with E-state index in [0.29, 0.717) is 12.8 Å². The SMILES string of the molecule is CC1(O)C2CCC1CC(S(=O)(=O)c1cc(C(=O)Nc3ccc(F)c(C(F)F)c3)ccc1Cl)C2. The zero-order valence-electron chi connectivity index (χ0n) is 17.7. The Morgan fingerprint density at radius 1 is 1.15 bits per heavy atom. The molecule has 0 heterocycles. The highest BCUT2D eigenvalue weighted by molar-refractivity contribution is 7.92. The molecule has 0 spiro atoms. The van der Waals surface area contributed by atoms with Crippen LogP contribution in [-0.2, 0) is 9.84 Å². The fourth-order valence-electron chi connectivity index (χ4n) is 5.05. The summed E-state index contributed by atoms with van der Waals surface area (Å²) in [6.45, 7) is 1.75. The molecule has 0 aliphatic heterocycles. The van der Waals surface area contributed by atoms with E-state index in [-0.39, 0.29) is 33.0 Å². The number of amides is 1. The van der Waals surface area contributed by atoms with Crippen LogP contribution in [0.1, 0.15) is 55.0 Å². The molecule has 0 radical (unpaired) electrons. The third-order valence-electron chi connectivity index (χ3n) is 7.04. The molecule has 2 aliphatic rings. The van der Waals surface area contributed by atoms with Crippen molar-refractivity contribution in [1.29, 1.82) is 0 Å². The number of carbonyl (C=O) groups excluding carboxylic acids is 1. The largest absolute Gasteiger partial charge is 0.390 e. The average Bonchev–Trinajstić information content (AvgIpc) is 2.92. The fourth-order valence-corrected chi connectivity index (χ4v) is 7.45. The first-order chi connectivity index (χ1) is 15.4. The van der Waals surface area contributed by atoms with Crippen molar-refractivity contribution in [2.45, 2.75) is 54.8 Å². The Balaban J connectivity index is 1.59. The smallest absolute Gasteiger partial charge is 0.266 e. The molecule has 2 saturated carbocycles. The molecule has 0 saturated heterocycles. The van der Waals surface area contributed by atoms with Crippen molar-refractivity contribution in [2.24, 2.45) is 11.8 Å². The highest BCUT2D eigenvalue weighted by atomic mass is 35.5. The Kier molecular flexibility index (Phi) is 6.26. The van der Waals surface area contributed by atoms with Crippen molar-refractivity contribution >= 4 is 33.0 Å². The third-order valence-corrected chi connectivity index (χ3v) is 9.69. The predicted octanol–water partition coefficient (Wildman–Crippen LogP) is 5.38. The Morgan fingerprint density at radius 2 is 1.79 bits per heavy atom. The second-order valence-electron chi connectivity index (χ2n) is 8.97. The van der Waals surface area contributed by atoms with Crippen LogP contribution < -0.4 is 5.32 Å². The Bertz CT molecular complexity index is 1190. The molecule has 2 aromatic carbocycles. The van der Waals surface area contributed by atoms with Gasteiger partial charge >= 0.3 is 0 Å². The number of carbonyl (C=O) groups is 1. The fraction of sp³-hybridized carbons (Fsp3) is 0.435. The van der Waals surface area contributed by atoms with Gasteiger partial charge in [-0.05, 0) is 80.8 Å². The summed E-state index contributed by atoms with van der Waals surface area (Å²) in [7, 11) is -3.89. The third kappa shape index (κ3) is 4.38. The second-order valence-corrected chi connectivity index (χ2v) is 11.6. The molecule has 4 rings (SSSR count). The van der Waals surface area contributed by atoms with Crippen LogP contribution in [0.3, 0.4) is 0 Å². The maximum atomic E-state index is 13.5. The van der Waals surface area contributed by atoms with Crippen LogP contribution in [-0.4, -0.2) is 30.3 Å². The first-order valence-electron chi connectivity index (χ1n) is 10.6. The molecule has 2 N–H and O–H groups in total. The maximum absolute atomic E-state index is 13.5. The number of hydrogen-bond donors (Lipinski definition) is 2. The van der Waals surface area contributed by atoms with Crippen LogP contribution >= 0.6 is 11.6 Å². The van der Waals surface area contributed by atoms with E-state index in [1.807, 2.05) is 0 Å². The number of anilines is 1. The lowest BCUT2D eigenvalue weighted by Crippen LogP contribution is -2.45. The lowest BCUT2D eigenvalue weighted by atomic mass is 9.76. The Morgan fingerprint density at radius 3 is 2.39 bits per heavy atom. The zero-order valence-corrected chi connectivity index (χ0v) is 19.3. The molecule has 1 amide bonds. The number of halogens is 4. The minimum atomic E-state index is -3.89.